The van der Waals surface area contributed by atoms with Crippen LogP contribution in [0.2, 0.25) is 0 Å². The Balaban J connectivity index is 2.35. The van der Waals surface area contributed by atoms with E-state index in [2.05, 4.69) is 0 Å². The van der Waals surface area contributed by atoms with Gasteiger partial charge in [0.25, 0.3) is 0 Å². The molecule has 9 heavy (non-hydrogen) atoms. The van der Waals surface area contributed by atoms with Gasteiger partial charge in [-0.1, -0.05) is 0 Å². The summed E-state index contributed by atoms with van der Waals surface area (Å²) in [6.07, 6.45) is -0.648. The number of aliphatic hydroxyl groups excluding tert-OH is 2. The van der Waals surface area contributed by atoms with Crippen LogP contribution in [-0.4, -0.2) is 34.6 Å². The van der Waals surface area contributed by atoms with Crippen molar-refractivity contribution in [3.05, 3.63) is 0 Å². The normalized spacial score (nSPS) is 43.7. The molecule has 1 aliphatic heterocycles. The van der Waals surface area contributed by atoms with Crippen molar-refractivity contribution < 1.29 is 14.9 Å². The third-order valence-corrected chi connectivity index (χ3v) is 1.73. The van der Waals surface area contributed by atoms with Gasteiger partial charge in [0, 0.05) is 0 Å². The number of ether oxygens (including phenoxy) is 1. The smallest absolute Gasteiger partial charge is 0.171 e. The van der Waals surface area contributed by atoms with E-state index in [4.69, 9.17) is 26.6 Å². The number of aliphatic hydroxyl groups is 2. The van der Waals surface area contributed by atoms with Gasteiger partial charge in [0.1, 0.15) is 0 Å². The summed E-state index contributed by atoms with van der Waals surface area (Å²) >= 11 is 5.55. The second-order valence-corrected chi connectivity index (χ2v) is 2.64. The first-order valence-corrected chi connectivity index (χ1v) is 3.26. The molecule has 0 bridgehead atoms. The molecule has 0 aromatic rings. The third kappa shape index (κ3) is 1.55. The van der Waals surface area contributed by atoms with Crippen molar-refractivity contribution >= 4 is 11.6 Å². The quantitative estimate of drug-likeness (QED) is 0.507. The Hall–Kier alpha value is 0.170. The van der Waals surface area contributed by atoms with E-state index in [1.807, 2.05) is 0 Å². The molecule has 0 aromatic heterocycles. The molecule has 0 amide bonds. The first kappa shape index (κ1) is 7.28. The Bertz CT molecular complexity index is 88.2. The molecule has 0 radical (unpaired) electrons. The van der Waals surface area contributed by atoms with Gasteiger partial charge >= 0.3 is 0 Å². The second-order valence-electron chi connectivity index (χ2n) is 2.08. The molecule has 2 N–H and O–H groups in total. The summed E-state index contributed by atoms with van der Waals surface area (Å²) in [6.45, 7) is -0.0692. The molecule has 1 saturated heterocycles. The highest BCUT2D eigenvalue weighted by molar-refractivity contribution is 6.21. The number of hydrogen-bond donors (Lipinski definition) is 2. The molecule has 3 atom stereocenters. The molecule has 54 valence electrons. The van der Waals surface area contributed by atoms with Gasteiger partial charge in [-0.05, 0) is 6.42 Å². The van der Waals surface area contributed by atoms with Gasteiger partial charge in [-0.15, -0.1) is 11.6 Å². The molecule has 0 saturated carbocycles. The number of hydrogen-bond acceptors (Lipinski definition) is 3. The summed E-state index contributed by atoms with van der Waals surface area (Å²) in [7, 11) is 0. The van der Waals surface area contributed by atoms with Gasteiger partial charge < -0.3 is 14.9 Å². The van der Waals surface area contributed by atoms with Crippen molar-refractivity contribution in [1.29, 1.82) is 0 Å². The molecule has 4 heteroatoms. The lowest BCUT2D eigenvalue weighted by Gasteiger charge is -2.04. The summed E-state index contributed by atoms with van der Waals surface area (Å²) in [5.74, 6) is 0. The van der Waals surface area contributed by atoms with E-state index in [9.17, 15) is 0 Å². The van der Waals surface area contributed by atoms with Crippen molar-refractivity contribution in [2.75, 3.05) is 6.61 Å². The lowest BCUT2D eigenvalue weighted by molar-refractivity contribution is -0.0996. The molecule has 0 aliphatic carbocycles. The van der Waals surface area contributed by atoms with E-state index < -0.39 is 6.29 Å². The summed E-state index contributed by atoms with van der Waals surface area (Å²) < 4.78 is 4.80. The summed E-state index contributed by atoms with van der Waals surface area (Å²) in [5, 5.41) is 17.0. The van der Waals surface area contributed by atoms with Crippen LogP contribution in [0.25, 0.3) is 0 Å². The SMILES string of the molecule is OCC1CC(Cl)C(O)O1. The molecule has 3 nitrogen and oxygen atoms in total. The van der Waals surface area contributed by atoms with E-state index in [1.165, 1.54) is 0 Å². The zero-order chi connectivity index (χ0) is 6.85. The van der Waals surface area contributed by atoms with Crippen molar-refractivity contribution in [1.82, 2.24) is 0 Å². The van der Waals surface area contributed by atoms with Gasteiger partial charge in [0.2, 0.25) is 0 Å². The molecular formula is C5H9ClO3. The molecule has 3 unspecified atom stereocenters. The van der Waals surface area contributed by atoms with Gasteiger partial charge in [0.15, 0.2) is 6.29 Å². The molecule has 1 fully saturated rings. The van der Waals surface area contributed by atoms with E-state index in [-0.39, 0.29) is 18.1 Å². The maximum atomic E-state index is 8.83. The van der Waals surface area contributed by atoms with Crippen LogP contribution in [0.5, 0.6) is 0 Å². The number of halogens is 1. The zero-order valence-corrected chi connectivity index (χ0v) is 5.58. The highest BCUT2D eigenvalue weighted by Gasteiger charge is 2.31. The van der Waals surface area contributed by atoms with Crippen LogP contribution in [-0.2, 0) is 4.74 Å². The Morgan fingerprint density at radius 2 is 2.33 bits per heavy atom. The van der Waals surface area contributed by atoms with Crippen molar-refractivity contribution in [2.24, 2.45) is 0 Å². The summed E-state index contributed by atoms with van der Waals surface area (Å²) in [4.78, 5) is 0. The van der Waals surface area contributed by atoms with Crippen molar-refractivity contribution in [2.45, 2.75) is 24.2 Å². The second kappa shape index (κ2) is 2.84. The van der Waals surface area contributed by atoms with Crippen LogP contribution in [0.3, 0.4) is 0 Å². The maximum Gasteiger partial charge on any atom is 0.171 e. The van der Waals surface area contributed by atoms with Crippen LogP contribution < -0.4 is 0 Å². The highest BCUT2D eigenvalue weighted by Crippen LogP contribution is 2.22. The average molecular weight is 153 g/mol. The first-order chi connectivity index (χ1) is 4.24. The molecule has 1 aliphatic rings. The fourth-order valence-electron chi connectivity index (χ4n) is 0.823. The molecule has 0 spiro atoms. The minimum atomic E-state index is -0.899. The fourth-order valence-corrected chi connectivity index (χ4v) is 1.08. The van der Waals surface area contributed by atoms with E-state index in [0.29, 0.717) is 6.42 Å². The van der Waals surface area contributed by atoms with Crippen LogP contribution >= 0.6 is 11.6 Å². The Kier molecular flexibility index (Phi) is 2.29. The topological polar surface area (TPSA) is 49.7 Å². The maximum absolute atomic E-state index is 8.83. The standard InChI is InChI=1S/C5H9ClO3/c6-4-1-3(2-7)9-5(4)8/h3-5,7-8H,1-2H2. The van der Waals surface area contributed by atoms with E-state index >= 15 is 0 Å². The third-order valence-electron chi connectivity index (χ3n) is 1.33. The number of rotatable bonds is 1. The lowest BCUT2D eigenvalue weighted by atomic mass is 10.2. The highest BCUT2D eigenvalue weighted by atomic mass is 35.5. The first-order valence-electron chi connectivity index (χ1n) is 2.82. The van der Waals surface area contributed by atoms with Gasteiger partial charge in [0.05, 0.1) is 18.1 Å². The van der Waals surface area contributed by atoms with Crippen molar-refractivity contribution in [3.63, 3.8) is 0 Å². The van der Waals surface area contributed by atoms with Crippen LogP contribution in [0, 0.1) is 0 Å². The predicted octanol–water partition coefficient (Wildman–Crippen LogP) is -0.307. The van der Waals surface area contributed by atoms with Crippen LogP contribution in [0.15, 0.2) is 0 Å². The van der Waals surface area contributed by atoms with Crippen LogP contribution in [0.4, 0.5) is 0 Å². The van der Waals surface area contributed by atoms with Gasteiger partial charge in [-0.3, -0.25) is 0 Å². The molecule has 1 heterocycles. The van der Waals surface area contributed by atoms with E-state index in [0.717, 1.165) is 0 Å². The lowest BCUT2D eigenvalue weighted by Crippen LogP contribution is -2.15. The Morgan fingerprint density at radius 1 is 1.67 bits per heavy atom. The van der Waals surface area contributed by atoms with Gasteiger partial charge in [-0.2, -0.15) is 0 Å². The van der Waals surface area contributed by atoms with E-state index in [1.54, 1.807) is 0 Å². The minimum Gasteiger partial charge on any atom is -0.394 e. The van der Waals surface area contributed by atoms with Gasteiger partial charge in [-0.25, -0.2) is 0 Å². The molecule has 1 rings (SSSR count). The Morgan fingerprint density at radius 3 is 2.56 bits per heavy atom. The Labute approximate surface area is 58.2 Å². The monoisotopic (exact) mass is 152 g/mol. The summed E-state index contributed by atoms with van der Waals surface area (Å²) in [6, 6.07) is 0. The largest absolute Gasteiger partial charge is 0.394 e. The molecule has 0 aromatic carbocycles. The summed E-state index contributed by atoms with van der Waals surface area (Å²) in [5.41, 5.74) is 0. The van der Waals surface area contributed by atoms with Crippen LogP contribution in [0.1, 0.15) is 6.42 Å². The fraction of sp³-hybridized carbons (Fsp3) is 1.00. The zero-order valence-electron chi connectivity index (χ0n) is 4.83. The minimum absolute atomic E-state index is 0.0692. The predicted molar refractivity (Wildman–Crippen MR) is 32.2 cm³/mol. The number of alkyl halides is 1. The van der Waals surface area contributed by atoms with Crippen molar-refractivity contribution in [3.8, 4) is 0 Å². The molecular weight excluding hydrogens is 144 g/mol. The average Bonchev–Trinajstić information content (AvgIpc) is 2.13.